The average molecular weight is 899 g/mol. The summed E-state index contributed by atoms with van der Waals surface area (Å²) in [4.78, 5) is 29.7. The summed E-state index contributed by atoms with van der Waals surface area (Å²) in [6.45, 7) is -6.90. The number of halogens is 8. The zero-order valence-electron chi connectivity index (χ0n) is 34.8. The van der Waals surface area contributed by atoms with E-state index in [-0.39, 0.29) is 70.0 Å². The van der Waals surface area contributed by atoms with Gasteiger partial charge in [0.15, 0.2) is 18.9 Å². The van der Waals surface area contributed by atoms with Crippen molar-refractivity contribution < 1.29 is 82.6 Å². The van der Waals surface area contributed by atoms with Crippen LogP contribution in [0.15, 0.2) is 0 Å². The van der Waals surface area contributed by atoms with Crippen LogP contribution in [0.1, 0.15) is 109 Å². The van der Waals surface area contributed by atoms with Crippen LogP contribution in [0.4, 0.5) is 35.1 Å². The molecule has 12 atom stereocenters. The molecule has 6 saturated carbocycles. The van der Waals surface area contributed by atoms with Gasteiger partial charge < -0.3 is 37.9 Å². The molecule has 0 amide bonds. The topological polar surface area (TPSA) is 108 Å². The maximum absolute atomic E-state index is 14.9. The Hall–Kier alpha value is -1.86. The lowest BCUT2D eigenvalue weighted by molar-refractivity contribution is -0.241. The van der Waals surface area contributed by atoms with Crippen LogP contribution in [0.25, 0.3) is 0 Å². The maximum atomic E-state index is 14.9. The van der Waals surface area contributed by atoms with E-state index in [1.54, 1.807) is 0 Å². The summed E-state index contributed by atoms with van der Waals surface area (Å²) in [6, 6.07) is 0. The molecule has 62 heavy (non-hydrogen) atoms. The predicted molar refractivity (Wildman–Crippen MR) is 197 cm³/mol. The first-order valence-corrected chi connectivity index (χ1v) is 22.9. The number of alkyl halides is 8. The van der Waals surface area contributed by atoms with Crippen molar-refractivity contribution in [2.45, 2.75) is 164 Å². The molecule has 10 nitrogen and oxygen atoms in total. The number of hydrogen-bond donors (Lipinski definition) is 0. The Bertz CT molecular complexity index is 1670. The maximum Gasteiger partial charge on any atom is 0.335 e. The number of fused-ring (bicyclic) bond motifs is 8. The summed E-state index contributed by atoms with van der Waals surface area (Å²) in [5.74, 6) is -20.6. The van der Waals surface area contributed by atoms with Gasteiger partial charge in [-0.3, -0.25) is 9.59 Å². The van der Waals surface area contributed by atoms with Crippen LogP contribution >= 0.6 is 0 Å². The number of ether oxygens (including phenoxy) is 8. The Kier molecular flexibility index (Phi) is 11.1. The molecule has 11 rings (SSSR count). The third-order valence-electron chi connectivity index (χ3n) is 17.4. The molecule has 18 heteroatoms. The number of esters is 2. The molecule has 5 aliphatic heterocycles. The predicted octanol–water partition coefficient (Wildman–Crippen LogP) is 8.47. The van der Waals surface area contributed by atoms with Gasteiger partial charge in [-0.2, -0.15) is 35.1 Å². The Morgan fingerprint density at radius 1 is 0.484 bits per heavy atom. The normalized spacial score (nSPS) is 48.0. The van der Waals surface area contributed by atoms with Gasteiger partial charge in [0.25, 0.3) is 0 Å². The molecule has 11 aliphatic rings. The van der Waals surface area contributed by atoms with E-state index in [0.29, 0.717) is 37.5 Å². The van der Waals surface area contributed by atoms with Crippen molar-refractivity contribution in [2.24, 2.45) is 57.7 Å². The van der Waals surface area contributed by atoms with Crippen LogP contribution in [0.5, 0.6) is 0 Å². The molecule has 350 valence electrons. The van der Waals surface area contributed by atoms with E-state index in [1.165, 1.54) is 12.8 Å². The van der Waals surface area contributed by atoms with E-state index >= 15 is 0 Å². The van der Waals surface area contributed by atoms with Crippen LogP contribution in [-0.4, -0.2) is 106 Å². The Morgan fingerprint density at radius 3 is 1.63 bits per heavy atom. The molecular weight excluding hydrogens is 840 g/mol. The molecule has 3 spiro atoms. The van der Waals surface area contributed by atoms with Crippen molar-refractivity contribution in [1.29, 1.82) is 0 Å². The van der Waals surface area contributed by atoms with Crippen molar-refractivity contribution in [3.05, 3.63) is 0 Å². The minimum absolute atomic E-state index is 0.0193. The van der Waals surface area contributed by atoms with Crippen molar-refractivity contribution >= 4 is 11.9 Å². The molecule has 7 bridgehead atoms. The largest absolute Gasteiger partial charge is 0.462 e. The lowest BCUT2D eigenvalue weighted by Crippen LogP contribution is -2.58. The van der Waals surface area contributed by atoms with Crippen LogP contribution in [0, 0.1) is 57.7 Å². The molecule has 0 radical (unpaired) electrons. The van der Waals surface area contributed by atoms with Crippen molar-refractivity contribution in [2.75, 3.05) is 39.6 Å². The zero-order valence-corrected chi connectivity index (χ0v) is 34.8. The molecular formula is C44H58F8O10. The number of carbonyl (C=O) groups is 2. The van der Waals surface area contributed by atoms with Crippen LogP contribution in [0.2, 0.25) is 0 Å². The third kappa shape index (κ3) is 7.50. The Morgan fingerprint density at radius 2 is 1.03 bits per heavy atom. The van der Waals surface area contributed by atoms with Crippen LogP contribution in [-0.2, 0) is 47.5 Å². The first-order chi connectivity index (χ1) is 29.3. The van der Waals surface area contributed by atoms with E-state index in [2.05, 4.69) is 0 Å². The SMILES string of the molecule is O=C1OCC2OC(C3CC4CCCC(C4)C3)OC2COC(=O)C23CCCC(CC(C4OCC(F)(F)C(F)(F)CO4)C4(CCC15CC(C1OCC(F)(F)C(F)(F)CO1)CC4C5)C2)C3. The Balaban J connectivity index is 1.03. The fraction of sp³-hybridized carbons (Fsp3) is 0.955. The van der Waals surface area contributed by atoms with Crippen LogP contribution < -0.4 is 0 Å². The van der Waals surface area contributed by atoms with Gasteiger partial charge in [-0.15, -0.1) is 0 Å². The van der Waals surface area contributed by atoms with Gasteiger partial charge in [-0.05, 0) is 106 Å². The second-order valence-corrected chi connectivity index (χ2v) is 21.2. The summed E-state index contributed by atoms with van der Waals surface area (Å²) < 4.78 is 166. The molecule has 5 heterocycles. The van der Waals surface area contributed by atoms with Gasteiger partial charge in [-0.1, -0.05) is 32.1 Å². The highest BCUT2D eigenvalue weighted by molar-refractivity contribution is 5.78. The highest BCUT2D eigenvalue weighted by Gasteiger charge is 2.68. The van der Waals surface area contributed by atoms with E-state index in [1.807, 2.05) is 0 Å². The first-order valence-electron chi connectivity index (χ1n) is 22.9. The third-order valence-corrected chi connectivity index (χ3v) is 17.4. The summed E-state index contributed by atoms with van der Waals surface area (Å²) in [6.07, 6.45) is 4.21. The molecule has 6 aliphatic carbocycles. The van der Waals surface area contributed by atoms with Crippen LogP contribution in [0.3, 0.4) is 0 Å². The fourth-order valence-electron chi connectivity index (χ4n) is 14.4. The highest BCUT2D eigenvalue weighted by Crippen LogP contribution is 2.69. The first kappa shape index (κ1) is 44.0. The highest BCUT2D eigenvalue weighted by atomic mass is 19.3. The van der Waals surface area contributed by atoms with Gasteiger partial charge in [0.05, 0.1) is 10.8 Å². The summed E-state index contributed by atoms with van der Waals surface area (Å²) in [5, 5.41) is 0. The summed E-state index contributed by atoms with van der Waals surface area (Å²) in [5.41, 5.74) is -3.54. The monoisotopic (exact) mass is 898 g/mol. The van der Waals surface area contributed by atoms with Crippen molar-refractivity contribution in [3.8, 4) is 0 Å². The number of hydrogen-bond acceptors (Lipinski definition) is 10. The lowest BCUT2D eigenvalue weighted by Gasteiger charge is -2.60. The summed E-state index contributed by atoms with van der Waals surface area (Å²) >= 11 is 0. The van der Waals surface area contributed by atoms with E-state index in [4.69, 9.17) is 37.9 Å². The molecule has 12 unspecified atom stereocenters. The smallest absolute Gasteiger partial charge is 0.335 e. The molecule has 0 aromatic heterocycles. The molecule has 5 saturated heterocycles. The van der Waals surface area contributed by atoms with E-state index in [9.17, 15) is 44.7 Å². The lowest BCUT2D eigenvalue weighted by atomic mass is 9.45. The molecule has 0 N–H and O–H groups in total. The van der Waals surface area contributed by atoms with Gasteiger partial charge in [-0.25, -0.2) is 0 Å². The minimum atomic E-state index is -4.54. The van der Waals surface area contributed by atoms with E-state index < -0.39 is 127 Å². The second-order valence-electron chi connectivity index (χ2n) is 21.2. The number of carbonyl (C=O) groups excluding carboxylic acids is 2. The van der Waals surface area contributed by atoms with Gasteiger partial charge in [0.1, 0.15) is 51.8 Å². The van der Waals surface area contributed by atoms with Gasteiger partial charge >= 0.3 is 35.6 Å². The fourth-order valence-corrected chi connectivity index (χ4v) is 14.4. The number of rotatable bonds is 3. The van der Waals surface area contributed by atoms with Crippen molar-refractivity contribution in [1.82, 2.24) is 0 Å². The van der Waals surface area contributed by atoms with Gasteiger partial charge in [0, 0.05) is 17.8 Å². The molecule has 11 fully saturated rings. The molecule has 0 aromatic rings. The average Bonchev–Trinajstić information content (AvgIpc) is 3.50. The quantitative estimate of drug-likeness (QED) is 0.202. The van der Waals surface area contributed by atoms with Crippen molar-refractivity contribution in [3.63, 3.8) is 0 Å². The molecule has 0 aromatic carbocycles. The van der Waals surface area contributed by atoms with E-state index in [0.717, 1.165) is 25.7 Å². The Labute approximate surface area is 355 Å². The van der Waals surface area contributed by atoms with Gasteiger partial charge in [0.2, 0.25) is 0 Å². The minimum Gasteiger partial charge on any atom is -0.462 e. The standard InChI is InChI=1S/C44H58F8O10/c45-41(46)20-57-33(58-21-42(41,47)48)28-13-29-16-38(15-28)7-8-40(29)19-39(6-2-5-26(14-39)12-30(40)35-59-22-43(49,50)44(51,52)23-60-35)37(54)56-18-32-31(17-55-36(38)53)61-34(62-32)27-10-24-3-1-4-25(9-24)11-27/h24-35H,1-23H2. The zero-order chi connectivity index (χ0) is 43.5. The second kappa shape index (κ2) is 15.6. The summed E-state index contributed by atoms with van der Waals surface area (Å²) in [7, 11) is 0.